The highest BCUT2D eigenvalue weighted by molar-refractivity contribution is 8.19. The number of hydrogen-bond acceptors (Lipinski definition) is 7. The van der Waals surface area contributed by atoms with E-state index in [4.69, 9.17) is 4.74 Å². The first-order chi connectivity index (χ1) is 14.8. The Bertz CT molecular complexity index is 1090. The molecule has 0 spiro atoms. The third kappa shape index (κ3) is 5.10. The molecular formula is C22H23NO5S3. The molecule has 31 heavy (non-hydrogen) atoms. The van der Waals surface area contributed by atoms with Crippen LogP contribution in [0.2, 0.25) is 0 Å². The Morgan fingerprint density at radius 3 is 2.42 bits per heavy atom. The van der Waals surface area contributed by atoms with Crippen molar-refractivity contribution in [2.45, 2.75) is 17.4 Å². The molecule has 0 N–H and O–H groups in total. The van der Waals surface area contributed by atoms with Gasteiger partial charge in [-0.05, 0) is 54.3 Å². The third-order valence-electron chi connectivity index (χ3n) is 5.25. The lowest BCUT2D eigenvalue weighted by atomic mass is 9.99. The molecule has 0 aromatic heterocycles. The number of benzene rings is 2. The maximum atomic E-state index is 12.6. The molecule has 0 aliphatic carbocycles. The van der Waals surface area contributed by atoms with Crippen LogP contribution in [0.15, 0.2) is 42.5 Å². The number of anilines is 1. The predicted molar refractivity (Wildman–Crippen MR) is 126 cm³/mol. The number of carbonyl (C=O) groups is 2. The summed E-state index contributed by atoms with van der Waals surface area (Å²) in [4.78, 5) is 24.9. The van der Waals surface area contributed by atoms with Crippen molar-refractivity contribution >= 4 is 51.0 Å². The van der Waals surface area contributed by atoms with Gasteiger partial charge in [-0.15, -0.1) is 23.5 Å². The number of fused-ring (bicyclic) bond motifs is 1. The second-order valence-electron chi connectivity index (χ2n) is 7.48. The molecule has 0 amide bonds. The van der Waals surface area contributed by atoms with E-state index >= 15 is 0 Å². The summed E-state index contributed by atoms with van der Waals surface area (Å²) < 4.78 is 31.0. The van der Waals surface area contributed by atoms with Gasteiger partial charge >= 0.3 is 5.97 Å². The first-order valence-corrected chi connectivity index (χ1v) is 13.9. The quantitative estimate of drug-likeness (QED) is 0.461. The zero-order valence-corrected chi connectivity index (χ0v) is 19.5. The molecule has 9 heteroatoms. The molecule has 2 heterocycles. The van der Waals surface area contributed by atoms with Gasteiger partial charge in [0, 0.05) is 23.6 Å². The monoisotopic (exact) mass is 477 g/mol. The number of thioether (sulfide) groups is 2. The summed E-state index contributed by atoms with van der Waals surface area (Å²) in [6.07, 6.45) is 2.57. The molecule has 1 fully saturated rings. The number of ketones is 1. The normalized spacial score (nSPS) is 16.7. The van der Waals surface area contributed by atoms with Gasteiger partial charge in [0.15, 0.2) is 12.4 Å². The summed E-state index contributed by atoms with van der Waals surface area (Å²) in [6, 6.07) is 12.3. The van der Waals surface area contributed by atoms with Gasteiger partial charge in [-0.2, -0.15) is 0 Å². The molecule has 0 atom stereocenters. The molecular weight excluding hydrogens is 454 g/mol. The molecule has 0 unspecified atom stereocenters. The van der Waals surface area contributed by atoms with Crippen LogP contribution in [-0.4, -0.2) is 51.1 Å². The largest absolute Gasteiger partial charge is 0.454 e. The Kier molecular flexibility index (Phi) is 6.64. The molecule has 2 aliphatic rings. The third-order valence-corrected chi connectivity index (χ3v) is 9.54. The number of esters is 1. The van der Waals surface area contributed by atoms with Gasteiger partial charge < -0.3 is 4.74 Å². The number of rotatable bonds is 6. The van der Waals surface area contributed by atoms with Crippen LogP contribution < -0.4 is 4.31 Å². The van der Waals surface area contributed by atoms with Crippen molar-refractivity contribution in [3.05, 3.63) is 64.7 Å². The summed E-state index contributed by atoms with van der Waals surface area (Å²) in [5.74, 6) is 1.42. The smallest absolute Gasteiger partial charge is 0.338 e. The predicted octanol–water partition coefficient (Wildman–Crippen LogP) is 3.92. The molecule has 2 aromatic carbocycles. The molecule has 0 bridgehead atoms. The number of hydrogen-bond donors (Lipinski definition) is 0. The van der Waals surface area contributed by atoms with E-state index in [-0.39, 0.29) is 12.4 Å². The van der Waals surface area contributed by atoms with Crippen LogP contribution in [0.1, 0.15) is 42.8 Å². The van der Waals surface area contributed by atoms with Gasteiger partial charge in [-0.25, -0.2) is 13.2 Å². The van der Waals surface area contributed by atoms with Gasteiger partial charge in [-0.3, -0.25) is 9.10 Å². The van der Waals surface area contributed by atoms with E-state index in [2.05, 4.69) is 0 Å². The standard InChI is InChI=1S/C22H23NO5S3/c1-31(26,27)23-10-2-3-17-13-18(8-9-19(17)23)20(24)14-28-21(25)15-4-6-16(7-5-15)22-29-11-12-30-22/h4-9,13,22H,2-3,10-12,14H2,1H3. The summed E-state index contributed by atoms with van der Waals surface area (Å²) in [6.45, 7) is 0.0805. The summed E-state index contributed by atoms with van der Waals surface area (Å²) in [5.41, 5.74) is 3.43. The number of carbonyl (C=O) groups excluding carboxylic acids is 2. The molecule has 1 saturated heterocycles. The Morgan fingerprint density at radius 2 is 1.74 bits per heavy atom. The Balaban J connectivity index is 1.39. The maximum Gasteiger partial charge on any atom is 0.338 e. The van der Waals surface area contributed by atoms with Crippen molar-refractivity contribution < 1.29 is 22.7 Å². The first-order valence-electron chi connectivity index (χ1n) is 9.97. The maximum absolute atomic E-state index is 12.6. The van der Waals surface area contributed by atoms with Crippen LogP contribution in [0.5, 0.6) is 0 Å². The van der Waals surface area contributed by atoms with E-state index in [9.17, 15) is 18.0 Å². The van der Waals surface area contributed by atoms with Crippen LogP contribution >= 0.6 is 23.5 Å². The molecule has 4 rings (SSSR count). The summed E-state index contributed by atoms with van der Waals surface area (Å²) >= 11 is 3.80. The lowest BCUT2D eigenvalue weighted by Gasteiger charge is -2.29. The zero-order valence-electron chi connectivity index (χ0n) is 17.1. The van der Waals surface area contributed by atoms with Crippen LogP contribution in [0.4, 0.5) is 5.69 Å². The fraction of sp³-hybridized carbons (Fsp3) is 0.364. The van der Waals surface area contributed by atoms with E-state index in [1.807, 2.05) is 35.7 Å². The Morgan fingerprint density at radius 1 is 1.06 bits per heavy atom. The van der Waals surface area contributed by atoms with E-state index in [0.717, 1.165) is 17.1 Å². The first kappa shape index (κ1) is 22.2. The number of Topliss-reactive ketones (excluding diaryl/α,β-unsaturated/α-hetero) is 1. The highest BCUT2D eigenvalue weighted by atomic mass is 32.2. The number of ether oxygens (including phenoxy) is 1. The van der Waals surface area contributed by atoms with Crippen LogP contribution in [0.25, 0.3) is 0 Å². The minimum atomic E-state index is -3.36. The van der Waals surface area contributed by atoms with Crippen molar-refractivity contribution in [2.75, 3.05) is 35.2 Å². The number of sulfonamides is 1. The number of aryl methyl sites for hydroxylation is 1. The highest BCUT2D eigenvalue weighted by Gasteiger charge is 2.25. The molecule has 0 radical (unpaired) electrons. The minimum Gasteiger partial charge on any atom is -0.454 e. The Labute approximate surface area is 190 Å². The fourth-order valence-electron chi connectivity index (χ4n) is 3.71. The van der Waals surface area contributed by atoms with E-state index in [1.165, 1.54) is 16.1 Å². The second kappa shape index (κ2) is 9.26. The van der Waals surface area contributed by atoms with Crippen molar-refractivity contribution in [3.63, 3.8) is 0 Å². The van der Waals surface area contributed by atoms with Crippen LogP contribution in [0, 0.1) is 0 Å². The summed E-state index contributed by atoms with van der Waals surface area (Å²) in [5, 5.41) is 0. The van der Waals surface area contributed by atoms with Gasteiger partial charge in [0.05, 0.1) is 22.1 Å². The van der Waals surface area contributed by atoms with E-state index in [0.29, 0.717) is 40.8 Å². The van der Waals surface area contributed by atoms with Crippen molar-refractivity contribution in [2.24, 2.45) is 0 Å². The van der Waals surface area contributed by atoms with E-state index in [1.54, 1.807) is 30.3 Å². The second-order valence-corrected chi connectivity index (χ2v) is 12.1. The molecule has 2 aliphatic heterocycles. The lowest BCUT2D eigenvalue weighted by Crippen LogP contribution is -2.34. The SMILES string of the molecule is CS(=O)(=O)N1CCCc2cc(C(=O)COC(=O)c3ccc(C4SCCS4)cc3)ccc21. The summed E-state index contributed by atoms with van der Waals surface area (Å²) in [7, 11) is -3.36. The van der Waals surface area contributed by atoms with Gasteiger partial charge in [0.25, 0.3) is 0 Å². The Hall–Kier alpha value is -1.97. The molecule has 164 valence electrons. The van der Waals surface area contributed by atoms with Gasteiger partial charge in [0.2, 0.25) is 10.0 Å². The van der Waals surface area contributed by atoms with Gasteiger partial charge in [0.1, 0.15) is 0 Å². The highest BCUT2D eigenvalue weighted by Crippen LogP contribution is 2.45. The zero-order chi connectivity index (χ0) is 22.0. The average Bonchev–Trinajstić information content (AvgIpc) is 3.31. The van der Waals surface area contributed by atoms with Crippen LogP contribution in [0.3, 0.4) is 0 Å². The minimum absolute atomic E-state index is 0.317. The molecule has 0 saturated carbocycles. The van der Waals surface area contributed by atoms with Gasteiger partial charge in [-0.1, -0.05) is 12.1 Å². The van der Waals surface area contributed by atoms with Crippen LogP contribution in [-0.2, 0) is 21.2 Å². The molecule has 6 nitrogen and oxygen atoms in total. The van der Waals surface area contributed by atoms with E-state index < -0.39 is 16.0 Å². The van der Waals surface area contributed by atoms with Crippen molar-refractivity contribution in [3.8, 4) is 0 Å². The van der Waals surface area contributed by atoms with Crippen molar-refractivity contribution in [1.29, 1.82) is 0 Å². The van der Waals surface area contributed by atoms with Crippen molar-refractivity contribution in [1.82, 2.24) is 0 Å². The average molecular weight is 478 g/mol. The topological polar surface area (TPSA) is 80.8 Å². The molecule has 2 aromatic rings. The fourth-order valence-corrected chi connectivity index (χ4v) is 7.56. The number of nitrogens with zero attached hydrogens (tertiary/aromatic N) is 1. The lowest BCUT2D eigenvalue weighted by molar-refractivity contribution is 0.0474.